The van der Waals surface area contributed by atoms with Gasteiger partial charge in [-0.05, 0) is 47.7 Å². The van der Waals surface area contributed by atoms with Crippen molar-refractivity contribution in [2.75, 3.05) is 11.1 Å². The van der Waals surface area contributed by atoms with Crippen LogP contribution in [0.5, 0.6) is 0 Å². The molecular weight excluding hydrogens is 266 g/mol. The van der Waals surface area contributed by atoms with Crippen molar-refractivity contribution in [2.45, 2.75) is 39.2 Å². The minimum absolute atomic E-state index is 0.472. The van der Waals surface area contributed by atoms with Crippen LogP contribution >= 0.6 is 15.9 Å². The molecule has 0 aromatic carbocycles. The van der Waals surface area contributed by atoms with Gasteiger partial charge in [0.1, 0.15) is 5.82 Å². The summed E-state index contributed by atoms with van der Waals surface area (Å²) in [6.45, 7) is 4.20. The third kappa shape index (κ3) is 2.67. The van der Waals surface area contributed by atoms with Crippen molar-refractivity contribution < 1.29 is 0 Å². The average Bonchev–Trinajstić information content (AvgIpc) is 3.03. The molecule has 0 amide bonds. The van der Waals surface area contributed by atoms with Gasteiger partial charge in [-0.15, -0.1) is 0 Å². The molecule has 3 nitrogen and oxygen atoms in total. The fourth-order valence-electron chi connectivity index (χ4n) is 1.84. The Morgan fingerprint density at radius 3 is 2.94 bits per heavy atom. The summed E-state index contributed by atoms with van der Waals surface area (Å²) in [7, 11) is 0. The minimum atomic E-state index is 0.472. The van der Waals surface area contributed by atoms with Gasteiger partial charge in [-0.2, -0.15) is 0 Å². The number of hydrogen-bond donors (Lipinski definition) is 2. The van der Waals surface area contributed by atoms with E-state index in [0.29, 0.717) is 6.04 Å². The highest BCUT2D eigenvalue weighted by Gasteiger charge is 2.24. The van der Waals surface area contributed by atoms with Gasteiger partial charge in [0.15, 0.2) is 0 Å². The summed E-state index contributed by atoms with van der Waals surface area (Å²) in [5, 5.41) is 3.44. The summed E-state index contributed by atoms with van der Waals surface area (Å²) in [6.07, 6.45) is 5.73. The molecule has 2 rings (SSSR count). The SMILES string of the molecule is Cc1c(N)cnc(NC(C)CC2CC2)c1Br. The second-order valence-electron chi connectivity index (χ2n) is 4.73. The molecule has 0 aliphatic heterocycles. The number of rotatable bonds is 4. The van der Waals surface area contributed by atoms with Crippen LogP contribution in [-0.4, -0.2) is 11.0 Å². The molecule has 1 atom stereocenters. The topological polar surface area (TPSA) is 50.9 Å². The smallest absolute Gasteiger partial charge is 0.140 e. The zero-order chi connectivity index (χ0) is 11.7. The quantitative estimate of drug-likeness (QED) is 0.891. The molecule has 1 fully saturated rings. The van der Waals surface area contributed by atoms with E-state index >= 15 is 0 Å². The van der Waals surface area contributed by atoms with Crippen molar-refractivity contribution in [3.8, 4) is 0 Å². The maximum Gasteiger partial charge on any atom is 0.140 e. The summed E-state index contributed by atoms with van der Waals surface area (Å²) in [6, 6.07) is 0.472. The van der Waals surface area contributed by atoms with Gasteiger partial charge < -0.3 is 11.1 Å². The fraction of sp³-hybridized carbons (Fsp3) is 0.583. The second kappa shape index (κ2) is 4.62. The van der Waals surface area contributed by atoms with Crippen molar-refractivity contribution in [3.63, 3.8) is 0 Å². The van der Waals surface area contributed by atoms with E-state index in [0.717, 1.165) is 27.5 Å². The number of nitrogens with zero attached hydrogens (tertiary/aromatic N) is 1. The molecule has 16 heavy (non-hydrogen) atoms. The maximum absolute atomic E-state index is 5.79. The Kier molecular flexibility index (Phi) is 3.38. The fourth-order valence-corrected chi connectivity index (χ4v) is 2.28. The van der Waals surface area contributed by atoms with E-state index in [4.69, 9.17) is 5.73 Å². The third-order valence-electron chi connectivity index (χ3n) is 3.07. The largest absolute Gasteiger partial charge is 0.397 e. The van der Waals surface area contributed by atoms with Crippen molar-refractivity contribution in [2.24, 2.45) is 5.92 Å². The van der Waals surface area contributed by atoms with E-state index in [9.17, 15) is 0 Å². The van der Waals surface area contributed by atoms with Crippen molar-refractivity contribution in [1.82, 2.24) is 4.98 Å². The minimum Gasteiger partial charge on any atom is -0.397 e. The standard InChI is InChI=1S/C12H18BrN3/c1-7(5-9-3-4-9)16-12-11(13)8(2)10(14)6-15-12/h6-7,9H,3-5,14H2,1-2H3,(H,15,16). The van der Waals surface area contributed by atoms with Gasteiger partial charge in [0.05, 0.1) is 16.4 Å². The number of nitrogens with two attached hydrogens (primary N) is 1. The molecule has 0 bridgehead atoms. The number of anilines is 2. The lowest BCUT2D eigenvalue weighted by atomic mass is 10.1. The van der Waals surface area contributed by atoms with E-state index in [1.165, 1.54) is 19.3 Å². The first kappa shape index (κ1) is 11.7. The zero-order valence-electron chi connectivity index (χ0n) is 9.76. The van der Waals surface area contributed by atoms with Gasteiger partial charge in [-0.1, -0.05) is 12.8 Å². The Labute approximate surface area is 105 Å². The Morgan fingerprint density at radius 2 is 2.31 bits per heavy atom. The first-order chi connectivity index (χ1) is 7.58. The summed E-state index contributed by atoms with van der Waals surface area (Å²) in [4.78, 5) is 4.32. The lowest BCUT2D eigenvalue weighted by Crippen LogP contribution is -2.17. The molecular formula is C12H18BrN3. The number of pyridine rings is 1. The third-order valence-corrected chi connectivity index (χ3v) is 4.04. The van der Waals surface area contributed by atoms with Gasteiger partial charge in [0.25, 0.3) is 0 Å². The molecule has 1 aliphatic rings. The van der Waals surface area contributed by atoms with Crippen LogP contribution in [0.3, 0.4) is 0 Å². The van der Waals surface area contributed by atoms with E-state index < -0.39 is 0 Å². The molecule has 1 unspecified atom stereocenters. The molecule has 1 aliphatic carbocycles. The zero-order valence-corrected chi connectivity index (χ0v) is 11.3. The molecule has 4 heteroatoms. The van der Waals surface area contributed by atoms with Crippen LogP contribution in [0.4, 0.5) is 11.5 Å². The maximum atomic E-state index is 5.79. The summed E-state index contributed by atoms with van der Waals surface area (Å²) in [5.74, 6) is 1.83. The Bertz CT molecular complexity index is 388. The number of hydrogen-bond acceptors (Lipinski definition) is 3. The van der Waals surface area contributed by atoms with E-state index in [-0.39, 0.29) is 0 Å². The van der Waals surface area contributed by atoms with Gasteiger partial charge in [-0.25, -0.2) is 4.98 Å². The molecule has 0 radical (unpaired) electrons. The van der Waals surface area contributed by atoms with Gasteiger partial charge in [-0.3, -0.25) is 0 Å². The molecule has 1 heterocycles. The van der Waals surface area contributed by atoms with Gasteiger partial charge >= 0.3 is 0 Å². The highest BCUT2D eigenvalue weighted by atomic mass is 79.9. The lowest BCUT2D eigenvalue weighted by molar-refractivity contribution is 0.639. The summed E-state index contributed by atoms with van der Waals surface area (Å²) in [5.41, 5.74) is 7.57. The monoisotopic (exact) mass is 283 g/mol. The molecule has 88 valence electrons. The average molecular weight is 284 g/mol. The normalized spacial score (nSPS) is 17.2. The second-order valence-corrected chi connectivity index (χ2v) is 5.52. The molecule has 1 aromatic heterocycles. The molecule has 1 saturated carbocycles. The molecule has 1 aromatic rings. The van der Waals surface area contributed by atoms with Gasteiger partial charge in [0, 0.05) is 6.04 Å². The van der Waals surface area contributed by atoms with Crippen LogP contribution in [0.1, 0.15) is 31.7 Å². The first-order valence-electron chi connectivity index (χ1n) is 5.75. The number of nitrogen functional groups attached to an aromatic ring is 1. The van der Waals surface area contributed by atoms with Crippen LogP contribution in [-0.2, 0) is 0 Å². The van der Waals surface area contributed by atoms with Crippen molar-refractivity contribution >= 4 is 27.4 Å². The highest BCUT2D eigenvalue weighted by molar-refractivity contribution is 9.10. The van der Waals surface area contributed by atoms with Crippen LogP contribution in [0.2, 0.25) is 0 Å². The Hall–Kier alpha value is -0.770. The number of aromatic nitrogens is 1. The predicted octanol–water partition coefficient (Wildman–Crippen LogP) is 3.34. The van der Waals surface area contributed by atoms with Crippen LogP contribution in [0.25, 0.3) is 0 Å². The lowest BCUT2D eigenvalue weighted by Gasteiger charge is -2.16. The Balaban J connectivity index is 2.05. The van der Waals surface area contributed by atoms with Crippen molar-refractivity contribution in [3.05, 3.63) is 16.2 Å². The summed E-state index contributed by atoms with van der Waals surface area (Å²) >= 11 is 3.54. The van der Waals surface area contributed by atoms with Crippen LogP contribution in [0, 0.1) is 12.8 Å². The highest BCUT2D eigenvalue weighted by Crippen LogP contribution is 2.35. The van der Waals surface area contributed by atoms with Crippen LogP contribution < -0.4 is 11.1 Å². The van der Waals surface area contributed by atoms with Gasteiger partial charge in [0.2, 0.25) is 0 Å². The predicted molar refractivity (Wildman–Crippen MR) is 71.5 cm³/mol. The van der Waals surface area contributed by atoms with Crippen molar-refractivity contribution in [1.29, 1.82) is 0 Å². The van der Waals surface area contributed by atoms with E-state index in [1.807, 2.05) is 6.92 Å². The van der Waals surface area contributed by atoms with Crippen LogP contribution in [0.15, 0.2) is 10.7 Å². The molecule has 0 saturated heterocycles. The molecule has 3 N–H and O–H groups in total. The number of halogens is 1. The number of nitrogens with one attached hydrogen (secondary N) is 1. The Morgan fingerprint density at radius 1 is 1.62 bits per heavy atom. The van der Waals surface area contributed by atoms with E-state index in [1.54, 1.807) is 6.20 Å². The first-order valence-corrected chi connectivity index (χ1v) is 6.54. The molecule has 0 spiro atoms. The van der Waals surface area contributed by atoms with E-state index in [2.05, 4.69) is 33.2 Å². The summed E-state index contributed by atoms with van der Waals surface area (Å²) < 4.78 is 0.982.